The summed E-state index contributed by atoms with van der Waals surface area (Å²) in [5.41, 5.74) is 6.60. The van der Waals surface area contributed by atoms with Crippen LogP contribution in [0.4, 0.5) is 10.1 Å². The van der Waals surface area contributed by atoms with Crippen molar-refractivity contribution in [1.29, 1.82) is 0 Å². The Kier molecular flexibility index (Phi) is 4.57. The van der Waals surface area contributed by atoms with Gasteiger partial charge in [0.25, 0.3) is 5.91 Å². The molecular weight excluding hydrogens is 251 g/mol. The number of benzene rings is 1. The van der Waals surface area contributed by atoms with Gasteiger partial charge in [-0.1, -0.05) is 0 Å². The Balaban J connectivity index is 2.12. The van der Waals surface area contributed by atoms with Crippen LogP contribution in [0.25, 0.3) is 0 Å². The summed E-state index contributed by atoms with van der Waals surface area (Å²) >= 11 is 0. The Morgan fingerprint density at radius 3 is 2.84 bits per heavy atom. The highest BCUT2D eigenvalue weighted by Gasteiger charge is 2.19. The van der Waals surface area contributed by atoms with Gasteiger partial charge in [-0.15, -0.1) is 0 Å². The zero-order chi connectivity index (χ0) is 13.7. The van der Waals surface area contributed by atoms with E-state index in [1.165, 1.54) is 0 Å². The van der Waals surface area contributed by atoms with Gasteiger partial charge in [-0.25, -0.2) is 4.39 Å². The van der Waals surface area contributed by atoms with Crippen LogP contribution in [0.1, 0.15) is 10.4 Å². The number of nitrogens with two attached hydrogens (primary N) is 1. The predicted octanol–water partition coefficient (Wildman–Crippen LogP) is 1.09. The molecule has 104 valence electrons. The van der Waals surface area contributed by atoms with E-state index in [4.69, 9.17) is 15.2 Å². The number of hydrogen-bond acceptors (Lipinski definition) is 4. The van der Waals surface area contributed by atoms with Gasteiger partial charge >= 0.3 is 0 Å². The Morgan fingerprint density at radius 1 is 1.42 bits per heavy atom. The maximum atomic E-state index is 12.2. The lowest BCUT2D eigenvalue weighted by atomic mass is 10.1. The molecule has 1 heterocycles. The molecule has 2 N–H and O–H groups in total. The van der Waals surface area contributed by atoms with Crippen molar-refractivity contribution in [3.8, 4) is 5.75 Å². The summed E-state index contributed by atoms with van der Waals surface area (Å²) in [6, 6.07) is 4.81. The number of hydrogen-bond donors (Lipinski definition) is 1. The van der Waals surface area contributed by atoms with Crippen molar-refractivity contribution < 1.29 is 18.7 Å². The third-order valence-electron chi connectivity index (χ3n) is 2.89. The fraction of sp³-hybridized carbons (Fsp3) is 0.462. The van der Waals surface area contributed by atoms with E-state index in [0.717, 1.165) is 0 Å². The molecule has 1 fully saturated rings. The summed E-state index contributed by atoms with van der Waals surface area (Å²) in [7, 11) is 0. The van der Waals surface area contributed by atoms with E-state index < -0.39 is 6.67 Å². The second-order valence-electron chi connectivity index (χ2n) is 4.19. The Bertz CT molecular complexity index is 448. The van der Waals surface area contributed by atoms with Crippen molar-refractivity contribution in [2.75, 3.05) is 45.3 Å². The zero-order valence-electron chi connectivity index (χ0n) is 10.6. The van der Waals surface area contributed by atoms with Gasteiger partial charge in [-0.3, -0.25) is 4.79 Å². The number of amides is 1. The second-order valence-corrected chi connectivity index (χ2v) is 4.19. The minimum absolute atomic E-state index is 0.0700. The van der Waals surface area contributed by atoms with Gasteiger partial charge in [-0.2, -0.15) is 0 Å². The number of morpholine rings is 1. The Morgan fingerprint density at radius 2 is 2.16 bits per heavy atom. The maximum absolute atomic E-state index is 12.2. The van der Waals surface area contributed by atoms with Crippen LogP contribution < -0.4 is 10.5 Å². The highest BCUT2D eigenvalue weighted by Crippen LogP contribution is 2.23. The first-order valence-electron chi connectivity index (χ1n) is 6.17. The molecule has 0 aromatic heterocycles. The monoisotopic (exact) mass is 268 g/mol. The van der Waals surface area contributed by atoms with Crippen molar-refractivity contribution in [2.45, 2.75) is 0 Å². The highest BCUT2D eigenvalue weighted by molar-refractivity contribution is 5.95. The number of carbonyl (C=O) groups excluding carboxylic acids is 1. The Labute approximate surface area is 111 Å². The van der Waals surface area contributed by atoms with Gasteiger partial charge in [0.2, 0.25) is 0 Å². The number of nitrogen functional groups attached to an aromatic ring is 1. The average Bonchev–Trinajstić information content (AvgIpc) is 2.46. The van der Waals surface area contributed by atoms with Crippen molar-refractivity contribution in [1.82, 2.24) is 4.90 Å². The third kappa shape index (κ3) is 3.35. The summed E-state index contributed by atoms with van der Waals surface area (Å²) in [6.45, 7) is 1.58. The number of halogens is 1. The minimum atomic E-state index is -0.596. The van der Waals surface area contributed by atoms with Crippen molar-refractivity contribution >= 4 is 11.6 Å². The molecule has 0 aliphatic carbocycles. The molecule has 0 bridgehead atoms. The molecule has 0 atom stereocenters. The molecule has 5 nitrogen and oxygen atoms in total. The van der Waals surface area contributed by atoms with E-state index >= 15 is 0 Å². The number of rotatable bonds is 4. The fourth-order valence-electron chi connectivity index (χ4n) is 1.89. The average molecular weight is 268 g/mol. The first kappa shape index (κ1) is 13.6. The van der Waals surface area contributed by atoms with Crippen molar-refractivity contribution in [3.05, 3.63) is 23.8 Å². The van der Waals surface area contributed by atoms with Crippen LogP contribution in [0.2, 0.25) is 0 Å². The van der Waals surface area contributed by atoms with E-state index in [9.17, 15) is 9.18 Å². The molecular formula is C13H17FN2O3. The molecule has 19 heavy (non-hydrogen) atoms. The van der Waals surface area contributed by atoms with Crippen LogP contribution in [0.15, 0.2) is 18.2 Å². The van der Waals surface area contributed by atoms with Gasteiger partial charge in [0.15, 0.2) is 0 Å². The largest absolute Gasteiger partial charge is 0.489 e. The zero-order valence-corrected chi connectivity index (χ0v) is 10.6. The molecule has 2 rings (SSSR count). The summed E-state index contributed by atoms with van der Waals surface area (Å²) in [4.78, 5) is 14.0. The van der Waals surface area contributed by atoms with E-state index in [1.807, 2.05) is 0 Å². The standard InChI is InChI=1S/C13H17FN2O3/c14-3-6-19-12-9-10(1-2-11(12)15)13(17)16-4-7-18-8-5-16/h1-2,9H,3-8,15H2. The molecule has 1 aliphatic heterocycles. The maximum Gasteiger partial charge on any atom is 0.254 e. The molecule has 1 saturated heterocycles. The van der Waals surface area contributed by atoms with Crippen LogP contribution in [-0.4, -0.2) is 50.4 Å². The topological polar surface area (TPSA) is 64.8 Å². The lowest BCUT2D eigenvalue weighted by Crippen LogP contribution is -2.40. The normalized spacial score (nSPS) is 15.3. The van der Waals surface area contributed by atoms with Crippen LogP contribution >= 0.6 is 0 Å². The first-order chi connectivity index (χ1) is 9.22. The second kappa shape index (κ2) is 6.38. The number of alkyl halides is 1. The summed E-state index contributed by atoms with van der Waals surface area (Å²) in [6.07, 6.45) is 0. The summed E-state index contributed by atoms with van der Waals surface area (Å²) < 4.78 is 22.5. The fourth-order valence-corrected chi connectivity index (χ4v) is 1.89. The van der Waals surface area contributed by atoms with Gasteiger partial charge in [0.05, 0.1) is 18.9 Å². The molecule has 0 spiro atoms. The van der Waals surface area contributed by atoms with Crippen LogP contribution in [-0.2, 0) is 4.74 Å². The molecule has 0 saturated carbocycles. The van der Waals surface area contributed by atoms with E-state index in [0.29, 0.717) is 43.3 Å². The number of nitrogens with zero attached hydrogens (tertiary/aromatic N) is 1. The third-order valence-corrected chi connectivity index (χ3v) is 2.89. The molecule has 1 aromatic carbocycles. The predicted molar refractivity (Wildman–Crippen MR) is 69.0 cm³/mol. The van der Waals surface area contributed by atoms with Crippen molar-refractivity contribution in [3.63, 3.8) is 0 Å². The lowest BCUT2D eigenvalue weighted by Gasteiger charge is -2.27. The molecule has 1 aromatic rings. The van der Waals surface area contributed by atoms with Gasteiger partial charge < -0.3 is 20.1 Å². The SMILES string of the molecule is Nc1ccc(C(=O)N2CCOCC2)cc1OCCF. The van der Waals surface area contributed by atoms with Crippen LogP contribution in [0.5, 0.6) is 5.75 Å². The lowest BCUT2D eigenvalue weighted by molar-refractivity contribution is 0.0302. The van der Waals surface area contributed by atoms with Gasteiger partial charge in [0, 0.05) is 18.7 Å². The summed E-state index contributed by atoms with van der Waals surface area (Å²) in [5, 5.41) is 0. The molecule has 1 aliphatic rings. The molecule has 0 radical (unpaired) electrons. The van der Waals surface area contributed by atoms with Gasteiger partial charge in [-0.05, 0) is 18.2 Å². The van der Waals surface area contributed by atoms with E-state index in [2.05, 4.69) is 0 Å². The molecule has 1 amide bonds. The van der Waals surface area contributed by atoms with Crippen LogP contribution in [0, 0.1) is 0 Å². The van der Waals surface area contributed by atoms with E-state index in [-0.39, 0.29) is 12.5 Å². The number of anilines is 1. The first-order valence-corrected chi connectivity index (χ1v) is 6.17. The Hall–Kier alpha value is -1.82. The smallest absolute Gasteiger partial charge is 0.254 e. The molecule has 6 heteroatoms. The summed E-state index contributed by atoms with van der Waals surface area (Å²) in [5.74, 6) is 0.255. The van der Waals surface area contributed by atoms with Crippen molar-refractivity contribution in [2.24, 2.45) is 0 Å². The van der Waals surface area contributed by atoms with Crippen LogP contribution in [0.3, 0.4) is 0 Å². The molecule has 0 unspecified atom stereocenters. The van der Waals surface area contributed by atoms with Gasteiger partial charge in [0.1, 0.15) is 19.0 Å². The number of ether oxygens (including phenoxy) is 2. The number of carbonyl (C=O) groups is 1. The van der Waals surface area contributed by atoms with E-state index in [1.54, 1.807) is 23.1 Å². The minimum Gasteiger partial charge on any atom is -0.489 e. The highest BCUT2D eigenvalue weighted by atomic mass is 19.1. The quantitative estimate of drug-likeness (QED) is 0.830.